The Morgan fingerprint density at radius 1 is 1.15 bits per heavy atom. The second-order valence-corrected chi connectivity index (χ2v) is 6.49. The van der Waals surface area contributed by atoms with E-state index in [4.69, 9.17) is 5.73 Å². The van der Waals surface area contributed by atoms with E-state index in [0.717, 1.165) is 24.1 Å². The molecule has 0 saturated carbocycles. The van der Waals surface area contributed by atoms with Gasteiger partial charge in [0.1, 0.15) is 12.1 Å². The molecule has 2 N–H and O–H groups in total. The summed E-state index contributed by atoms with van der Waals surface area (Å²) in [7, 11) is 0. The van der Waals surface area contributed by atoms with Crippen molar-refractivity contribution in [3.63, 3.8) is 0 Å². The summed E-state index contributed by atoms with van der Waals surface area (Å²) in [5, 5.41) is 0.697. The van der Waals surface area contributed by atoms with Crippen molar-refractivity contribution < 1.29 is 9.18 Å². The van der Waals surface area contributed by atoms with Gasteiger partial charge in [0.2, 0.25) is 0 Å². The fourth-order valence-electron chi connectivity index (χ4n) is 3.45. The van der Waals surface area contributed by atoms with Gasteiger partial charge in [-0.05, 0) is 37.1 Å². The summed E-state index contributed by atoms with van der Waals surface area (Å²) in [4.78, 5) is 26.7. The topological polar surface area (TPSA) is 85.0 Å². The normalized spacial score (nSPS) is 15.3. The van der Waals surface area contributed by atoms with Crippen LogP contribution >= 0.6 is 0 Å². The second-order valence-electron chi connectivity index (χ2n) is 6.49. The molecule has 3 aromatic rings. The molecule has 26 heavy (non-hydrogen) atoms. The number of anilines is 1. The minimum absolute atomic E-state index is 0.0565. The molecule has 3 heterocycles. The molecule has 0 bridgehead atoms. The molecular weight excluding hydrogens is 333 g/mol. The summed E-state index contributed by atoms with van der Waals surface area (Å²) in [6, 6.07) is 6.28. The lowest BCUT2D eigenvalue weighted by Crippen LogP contribution is -2.38. The van der Waals surface area contributed by atoms with E-state index < -0.39 is 0 Å². The van der Waals surface area contributed by atoms with Crippen molar-refractivity contribution in [1.82, 2.24) is 19.9 Å². The zero-order valence-electron chi connectivity index (χ0n) is 14.1. The van der Waals surface area contributed by atoms with Crippen LogP contribution in [0.25, 0.3) is 10.9 Å². The number of carbonyl (C=O) groups is 1. The van der Waals surface area contributed by atoms with E-state index in [1.165, 1.54) is 30.9 Å². The Hall–Kier alpha value is -3.09. The number of amides is 1. The molecule has 1 aliphatic heterocycles. The largest absolute Gasteiger partial charge is 0.397 e. The number of piperidine rings is 1. The lowest BCUT2D eigenvalue weighted by Gasteiger charge is -2.32. The number of nitrogens with zero attached hydrogens (tertiary/aromatic N) is 4. The van der Waals surface area contributed by atoms with Gasteiger partial charge in [0.05, 0.1) is 22.5 Å². The molecule has 1 fully saturated rings. The van der Waals surface area contributed by atoms with Crippen LogP contribution in [-0.2, 0) is 0 Å². The fraction of sp³-hybridized carbons (Fsp3) is 0.263. The van der Waals surface area contributed by atoms with E-state index in [0.29, 0.717) is 29.7 Å². The molecule has 1 saturated heterocycles. The van der Waals surface area contributed by atoms with Crippen molar-refractivity contribution in [2.45, 2.75) is 18.8 Å². The Morgan fingerprint density at radius 3 is 2.62 bits per heavy atom. The summed E-state index contributed by atoms with van der Waals surface area (Å²) < 4.78 is 13.4. The lowest BCUT2D eigenvalue weighted by atomic mass is 9.91. The van der Waals surface area contributed by atoms with E-state index in [2.05, 4.69) is 15.0 Å². The predicted octanol–water partition coefficient (Wildman–Crippen LogP) is 2.77. The molecule has 0 spiro atoms. The Morgan fingerprint density at radius 2 is 1.88 bits per heavy atom. The van der Waals surface area contributed by atoms with Crippen molar-refractivity contribution in [3.05, 3.63) is 60.1 Å². The van der Waals surface area contributed by atoms with Crippen molar-refractivity contribution in [2.75, 3.05) is 18.8 Å². The van der Waals surface area contributed by atoms with E-state index in [-0.39, 0.29) is 17.6 Å². The summed E-state index contributed by atoms with van der Waals surface area (Å²) in [5.74, 6) is -0.178. The fourth-order valence-corrected chi connectivity index (χ4v) is 3.45. The van der Waals surface area contributed by atoms with Crippen molar-refractivity contribution in [1.29, 1.82) is 0 Å². The van der Waals surface area contributed by atoms with Crippen LogP contribution in [0.2, 0.25) is 0 Å². The highest BCUT2D eigenvalue weighted by Gasteiger charge is 2.27. The third kappa shape index (κ3) is 3.08. The first kappa shape index (κ1) is 16.4. The predicted molar refractivity (Wildman–Crippen MR) is 96.0 cm³/mol. The first-order valence-electron chi connectivity index (χ1n) is 8.52. The van der Waals surface area contributed by atoms with E-state index in [1.54, 1.807) is 12.1 Å². The third-order valence-corrected chi connectivity index (χ3v) is 4.81. The number of nitrogens with two attached hydrogens (primary N) is 1. The monoisotopic (exact) mass is 351 g/mol. The van der Waals surface area contributed by atoms with Crippen LogP contribution in [0.1, 0.15) is 34.8 Å². The summed E-state index contributed by atoms with van der Waals surface area (Å²) in [6.07, 6.45) is 6.03. The third-order valence-electron chi connectivity index (χ3n) is 4.81. The SMILES string of the molecule is Nc1cc2cc(F)ccc2nc1C1CCN(C(=O)c2cncnc2)CC1. The number of halogens is 1. The molecule has 7 heteroatoms. The zero-order chi connectivity index (χ0) is 18.1. The number of hydrogen-bond donors (Lipinski definition) is 1. The zero-order valence-corrected chi connectivity index (χ0v) is 14.1. The number of pyridine rings is 1. The Labute approximate surface area is 149 Å². The van der Waals surface area contributed by atoms with E-state index >= 15 is 0 Å². The van der Waals surface area contributed by atoms with Crippen molar-refractivity contribution in [3.8, 4) is 0 Å². The van der Waals surface area contributed by atoms with Crippen LogP contribution in [-0.4, -0.2) is 38.8 Å². The van der Waals surface area contributed by atoms with Gasteiger partial charge in [-0.1, -0.05) is 0 Å². The molecule has 0 aliphatic carbocycles. The van der Waals surface area contributed by atoms with Gasteiger partial charge in [-0.15, -0.1) is 0 Å². The number of likely N-dealkylation sites (tertiary alicyclic amines) is 1. The standard InChI is InChI=1S/C19H18FN5O/c20-15-1-2-17-13(7-15)8-16(21)18(24-17)12-3-5-25(6-4-12)19(26)14-9-22-11-23-10-14/h1-2,7-12H,3-6,21H2. The molecule has 2 aromatic heterocycles. The van der Waals surface area contributed by atoms with Gasteiger partial charge in [0.15, 0.2) is 0 Å². The first-order chi connectivity index (χ1) is 12.6. The Kier molecular flexibility index (Phi) is 4.20. The van der Waals surface area contributed by atoms with Gasteiger partial charge < -0.3 is 10.6 Å². The highest BCUT2D eigenvalue weighted by molar-refractivity contribution is 5.93. The Bertz CT molecular complexity index is 955. The van der Waals surface area contributed by atoms with Gasteiger partial charge in [-0.3, -0.25) is 9.78 Å². The van der Waals surface area contributed by atoms with Crippen LogP contribution in [0.4, 0.5) is 10.1 Å². The summed E-state index contributed by atoms with van der Waals surface area (Å²) in [5.41, 5.74) is 8.81. The minimum Gasteiger partial charge on any atom is -0.397 e. The average molecular weight is 351 g/mol. The molecule has 0 unspecified atom stereocenters. The van der Waals surface area contributed by atoms with Gasteiger partial charge in [-0.25, -0.2) is 14.4 Å². The minimum atomic E-state index is -0.303. The number of aromatic nitrogens is 3. The Balaban J connectivity index is 1.51. The van der Waals surface area contributed by atoms with Crippen LogP contribution in [0.3, 0.4) is 0 Å². The average Bonchev–Trinajstić information content (AvgIpc) is 2.68. The van der Waals surface area contributed by atoms with Crippen molar-refractivity contribution >= 4 is 22.5 Å². The van der Waals surface area contributed by atoms with Crippen LogP contribution in [0, 0.1) is 5.82 Å². The molecule has 132 valence electrons. The molecule has 0 atom stereocenters. The molecule has 1 amide bonds. The number of fused-ring (bicyclic) bond motifs is 1. The molecule has 6 nitrogen and oxygen atoms in total. The molecule has 4 rings (SSSR count). The maximum atomic E-state index is 13.4. The number of benzene rings is 1. The quantitative estimate of drug-likeness (QED) is 0.767. The number of carbonyl (C=O) groups excluding carboxylic acids is 1. The number of nitrogen functional groups attached to an aromatic ring is 1. The van der Waals surface area contributed by atoms with E-state index in [1.807, 2.05) is 4.90 Å². The highest BCUT2D eigenvalue weighted by Crippen LogP contribution is 2.32. The van der Waals surface area contributed by atoms with Gasteiger partial charge >= 0.3 is 0 Å². The van der Waals surface area contributed by atoms with Crippen LogP contribution in [0.15, 0.2) is 43.0 Å². The molecule has 0 radical (unpaired) electrons. The van der Waals surface area contributed by atoms with Crippen LogP contribution < -0.4 is 5.73 Å². The maximum Gasteiger partial charge on any atom is 0.256 e. The van der Waals surface area contributed by atoms with Gasteiger partial charge in [-0.2, -0.15) is 0 Å². The molecule has 1 aliphatic rings. The maximum absolute atomic E-state index is 13.4. The second kappa shape index (κ2) is 6.67. The van der Waals surface area contributed by atoms with Gasteiger partial charge in [0, 0.05) is 36.8 Å². The smallest absolute Gasteiger partial charge is 0.256 e. The number of hydrogen-bond acceptors (Lipinski definition) is 5. The molecule has 1 aromatic carbocycles. The summed E-state index contributed by atoms with van der Waals surface area (Å²) in [6.45, 7) is 1.25. The molecular formula is C19H18FN5O. The first-order valence-corrected chi connectivity index (χ1v) is 8.52. The van der Waals surface area contributed by atoms with Crippen LogP contribution in [0.5, 0.6) is 0 Å². The lowest BCUT2D eigenvalue weighted by molar-refractivity contribution is 0.0711. The number of rotatable bonds is 2. The van der Waals surface area contributed by atoms with E-state index in [9.17, 15) is 9.18 Å². The van der Waals surface area contributed by atoms with Crippen molar-refractivity contribution in [2.24, 2.45) is 0 Å². The highest BCUT2D eigenvalue weighted by atomic mass is 19.1. The van der Waals surface area contributed by atoms with Gasteiger partial charge in [0.25, 0.3) is 5.91 Å². The summed E-state index contributed by atoms with van der Waals surface area (Å²) >= 11 is 0.